The van der Waals surface area contributed by atoms with Crippen molar-refractivity contribution in [2.24, 2.45) is 0 Å². The number of hydrogen-bond acceptors (Lipinski definition) is 9. The lowest BCUT2D eigenvalue weighted by atomic mass is 10.1. The second-order valence-electron chi connectivity index (χ2n) is 6.24. The van der Waals surface area contributed by atoms with E-state index in [9.17, 15) is 9.59 Å². The quantitative estimate of drug-likeness (QED) is 0.302. The van der Waals surface area contributed by atoms with Crippen LogP contribution in [0.1, 0.15) is 21.7 Å². The fourth-order valence-corrected chi connectivity index (χ4v) is 5.61. The molecule has 0 spiro atoms. The first-order valence-electron chi connectivity index (χ1n) is 9.33. The van der Waals surface area contributed by atoms with Gasteiger partial charge in [-0.05, 0) is 42.0 Å². The van der Waals surface area contributed by atoms with Gasteiger partial charge in [-0.2, -0.15) is 11.8 Å². The number of carbonyl (C=O) groups excluding carboxylic acids is 2. The van der Waals surface area contributed by atoms with Crippen molar-refractivity contribution in [2.75, 3.05) is 24.4 Å². The van der Waals surface area contributed by atoms with Crippen molar-refractivity contribution in [1.82, 2.24) is 15.5 Å². The Kier molecular flexibility index (Phi) is 9.19. The van der Waals surface area contributed by atoms with Crippen molar-refractivity contribution in [3.05, 3.63) is 52.2 Å². The average Bonchev–Trinajstić information content (AvgIpc) is 3.46. The number of amides is 2. The largest absolute Gasteiger partial charge is 0.496 e. The van der Waals surface area contributed by atoms with Crippen LogP contribution >= 0.6 is 46.2 Å². The van der Waals surface area contributed by atoms with Crippen LogP contribution in [0.3, 0.4) is 0 Å². The summed E-state index contributed by atoms with van der Waals surface area (Å²) < 4.78 is 6.03. The summed E-state index contributed by atoms with van der Waals surface area (Å²) in [5.74, 6) is 1.32. The van der Waals surface area contributed by atoms with Gasteiger partial charge in [-0.25, -0.2) is 0 Å². The molecule has 2 amide bonds. The summed E-state index contributed by atoms with van der Waals surface area (Å²) in [7, 11) is 1.51. The average molecular weight is 495 g/mol. The second kappa shape index (κ2) is 12.1. The number of nitrogens with one attached hydrogen (secondary N) is 2. The van der Waals surface area contributed by atoms with Gasteiger partial charge in [0.05, 0.1) is 12.7 Å². The van der Waals surface area contributed by atoms with Crippen molar-refractivity contribution in [2.45, 2.75) is 22.6 Å². The standard InChI is InChI=1S/C20H22N4O3S4/c1-27-16-8-4-3-7-14(16)17(25)21-15(9-11-28-2)18(26)22-19-23-24-20(31-19)30-12-13-6-5-10-29-13/h3-8,10,15H,9,11-12H2,1-2H3,(H,21,25)(H,22,23,26). The number of rotatable bonds is 11. The second-order valence-corrected chi connectivity index (χ2v) is 10.5. The van der Waals surface area contributed by atoms with Gasteiger partial charge in [0.2, 0.25) is 11.0 Å². The third-order valence-electron chi connectivity index (χ3n) is 4.14. The minimum absolute atomic E-state index is 0.316. The van der Waals surface area contributed by atoms with E-state index in [1.807, 2.05) is 17.7 Å². The highest BCUT2D eigenvalue weighted by molar-refractivity contribution is 8.00. The molecule has 1 atom stereocenters. The first-order chi connectivity index (χ1) is 15.1. The van der Waals surface area contributed by atoms with Gasteiger partial charge in [-0.1, -0.05) is 41.3 Å². The van der Waals surface area contributed by atoms with Crippen LogP contribution in [0, 0.1) is 0 Å². The highest BCUT2D eigenvalue weighted by Crippen LogP contribution is 2.29. The number of thiophene rings is 1. The molecular formula is C20H22N4O3S4. The van der Waals surface area contributed by atoms with Gasteiger partial charge in [0.1, 0.15) is 11.8 Å². The fourth-order valence-electron chi connectivity index (χ4n) is 2.61. The van der Waals surface area contributed by atoms with Gasteiger partial charge >= 0.3 is 0 Å². The highest BCUT2D eigenvalue weighted by Gasteiger charge is 2.23. The molecule has 164 valence electrons. The number of anilines is 1. The Bertz CT molecular complexity index is 994. The van der Waals surface area contributed by atoms with Crippen LogP contribution in [0.15, 0.2) is 46.1 Å². The number of hydrogen-bond donors (Lipinski definition) is 2. The van der Waals surface area contributed by atoms with Crippen molar-refractivity contribution in [3.8, 4) is 5.75 Å². The molecule has 31 heavy (non-hydrogen) atoms. The molecular weight excluding hydrogens is 473 g/mol. The van der Waals surface area contributed by atoms with Crippen molar-refractivity contribution >= 4 is 63.1 Å². The van der Waals surface area contributed by atoms with Crippen LogP contribution in [0.4, 0.5) is 5.13 Å². The monoisotopic (exact) mass is 494 g/mol. The summed E-state index contributed by atoms with van der Waals surface area (Å²) in [5.41, 5.74) is 0.384. The maximum atomic E-state index is 12.9. The van der Waals surface area contributed by atoms with Gasteiger partial charge in [-0.15, -0.1) is 21.5 Å². The van der Waals surface area contributed by atoms with Crippen LogP contribution < -0.4 is 15.4 Å². The number of ether oxygens (including phenoxy) is 1. The lowest BCUT2D eigenvalue weighted by Gasteiger charge is -2.18. The Morgan fingerprint density at radius 1 is 1.19 bits per heavy atom. The summed E-state index contributed by atoms with van der Waals surface area (Å²) in [6, 6.07) is 10.3. The van der Waals surface area contributed by atoms with Gasteiger partial charge in [-0.3, -0.25) is 14.9 Å². The molecule has 2 aromatic heterocycles. The lowest BCUT2D eigenvalue weighted by Crippen LogP contribution is -2.44. The third-order valence-corrected chi connectivity index (χ3v) is 7.86. The number of carbonyl (C=O) groups is 2. The van der Waals surface area contributed by atoms with E-state index in [-0.39, 0.29) is 11.8 Å². The zero-order chi connectivity index (χ0) is 22.1. The molecule has 0 radical (unpaired) electrons. The highest BCUT2D eigenvalue weighted by atomic mass is 32.2. The molecule has 3 rings (SSSR count). The normalized spacial score (nSPS) is 11.7. The van der Waals surface area contributed by atoms with Gasteiger partial charge in [0.25, 0.3) is 5.91 Å². The van der Waals surface area contributed by atoms with E-state index < -0.39 is 6.04 Å². The first-order valence-corrected chi connectivity index (χ1v) is 13.4. The van der Waals surface area contributed by atoms with E-state index >= 15 is 0 Å². The smallest absolute Gasteiger partial charge is 0.255 e. The fraction of sp³-hybridized carbons (Fsp3) is 0.300. The Morgan fingerprint density at radius 3 is 2.77 bits per heavy atom. The lowest BCUT2D eigenvalue weighted by molar-refractivity contribution is -0.118. The Hall–Kier alpha value is -2.08. The third kappa shape index (κ3) is 6.96. The molecule has 0 aliphatic rings. The zero-order valence-corrected chi connectivity index (χ0v) is 20.3. The van der Waals surface area contributed by atoms with E-state index in [2.05, 4.69) is 26.9 Å². The summed E-state index contributed by atoms with van der Waals surface area (Å²) in [5, 5.41) is 16.3. The molecule has 0 aliphatic heterocycles. The van der Waals surface area contributed by atoms with Crippen LogP contribution in [0.2, 0.25) is 0 Å². The molecule has 7 nitrogen and oxygen atoms in total. The topological polar surface area (TPSA) is 93.2 Å². The number of benzene rings is 1. The van der Waals surface area contributed by atoms with Crippen LogP contribution in [0.25, 0.3) is 0 Å². The summed E-state index contributed by atoms with van der Waals surface area (Å²) in [6.07, 6.45) is 2.45. The number of methoxy groups -OCH3 is 1. The Labute approximate surface area is 197 Å². The van der Waals surface area contributed by atoms with Crippen LogP contribution in [0.5, 0.6) is 5.75 Å². The molecule has 2 N–H and O–H groups in total. The maximum Gasteiger partial charge on any atom is 0.255 e. The van der Waals surface area contributed by atoms with Crippen molar-refractivity contribution in [1.29, 1.82) is 0 Å². The molecule has 0 saturated carbocycles. The summed E-state index contributed by atoms with van der Waals surface area (Å²) in [4.78, 5) is 26.9. The molecule has 0 bridgehead atoms. The molecule has 0 fully saturated rings. The van der Waals surface area contributed by atoms with E-state index in [1.165, 1.54) is 23.3 Å². The number of para-hydroxylation sites is 1. The van der Waals surface area contributed by atoms with Gasteiger partial charge in [0.15, 0.2) is 4.34 Å². The summed E-state index contributed by atoms with van der Waals surface area (Å²) >= 11 is 6.20. The minimum Gasteiger partial charge on any atom is -0.496 e. The first kappa shape index (κ1) is 23.6. The minimum atomic E-state index is -0.698. The van der Waals surface area contributed by atoms with E-state index in [4.69, 9.17) is 4.74 Å². The van der Waals surface area contributed by atoms with Crippen molar-refractivity contribution in [3.63, 3.8) is 0 Å². The summed E-state index contributed by atoms with van der Waals surface area (Å²) in [6.45, 7) is 0. The van der Waals surface area contributed by atoms with E-state index in [0.717, 1.165) is 15.8 Å². The predicted molar refractivity (Wildman–Crippen MR) is 130 cm³/mol. The predicted octanol–water partition coefficient (Wildman–Crippen LogP) is 4.39. The molecule has 1 unspecified atom stereocenters. The van der Waals surface area contributed by atoms with E-state index in [0.29, 0.717) is 22.9 Å². The number of aromatic nitrogens is 2. The molecule has 1 aromatic carbocycles. The number of nitrogens with zero attached hydrogens (tertiary/aromatic N) is 2. The maximum absolute atomic E-state index is 12.9. The molecule has 0 aliphatic carbocycles. The molecule has 0 saturated heterocycles. The Morgan fingerprint density at radius 2 is 2.03 bits per heavy atom. The molecule has 3 aromatic rings. The van der Waals surface area contributed by atoms with Crippen molar-refractivity contribution < 1.29 is 14.3 Å². The SMILES string of the molecule is COc1ccccc1C(=O)NC(CCSC)C(=O)Nc1nnc(SCc2cccs2)s1. The van der Waals surface area contributed by atoms with E-state index in [1.54, 1.807) is 59.1 Å². The zero-order valence-electron chi connectivity index (χ0n) is 17.0. The molecule has 11 heteroatoms. The van der Waals surface area contributed by atoms with Gasteiger partial charge in [0, 0.05) is 10.6 Å². The molecule has 2 heterocycles. The van der Waals surface area contributed by atoms with Gasteiger partial charge < -0.3 is 10.1 Å². The Balaban J connectivity index is 1.62. The number of thioether (sulfide) groups is 2. The van der Waals surface area contributed by atoms with Crippen LogP contribution in [-0.4, -0.2) is 47.2 Å². The van der Waals surface area contributed by atoms with Crippen LogP contribution in [-0.2, 0) is 10.5 Å².